The van der Waals surface area contributed by atoms with Gasteiger partial charge >= 0.3 is 0 Å². The molecule has 0 aliphatic rings. The van der Waals surface area contributed by atoms with Gasteiger partial charge in [0.25, 0.3) is 0 Å². The first kappa shape index (κ1) is 12.3. The smallest absolute Gasteiger partial charge is 0.140 e. The lowest BCUT2D eigenvalue weighted by molar-refractivity contribution is 0.158. The molecule has 3 N–H and O–H groups in total. The van der Waals surface area contributed by atoms with Crippen LogP contribution in [0, 0.1) is 6.92 Å². The van der Waals surface area contributed by atoms with E-state index in [9.17, 15) is 0 Å². The van der Waals surface area contributed by atoms with Gasteiger partial charge in [-0.1, -0.05) is 0 Å². The van der Waals surface area contributed by atoms with Crippen LogP contribution in [-0.4, -0.2) is 24.7 Å². The third kappa shape index (κ3) is 3.35. The molecule has 1 heterocycles. The van der Waals surface area contributed by atoms with Crippen LogP contribution in [0.25, 0.3) is 0 Å². The molecule has 1 rings (SSSR count). The molecule has 0 spiro atoms. The van der Waals surface area contributed by atoms with E-state index in [1.54, 1.807) is 6.20 Å². The molecule has 0 saturated carbocycles. The van der Waals surface area contributed by atoms with E-state index in [-0.39, 0.29) is 0 Å². The van der Waals surface area contributed by atoms with Gasteiger partial charge in [-0.3, -0.25) is 0 Å². The number of ether oxygens (including phenoxy) is 1. The number of pyridine rings is 1. The minimum absolute atomic E-state index is 0.675. The molecule has 0 fully saturated rings. The maximum atomic E-state index is 5.72. The minimum Gasteiger partial charge on any atom is -0.397 e. The number of hydrogen-bond donors (Lipinski definition) is 2. The van der Waals surface area contributed by atoms with E-state index in [4.69, 9.17) is 10.5 Å². The molecular formula is C10H16BrN3O. The van der Waals surface area contributed by atoms with Gasteiger partial charge in [0.2, 0.25) is 0 Å². The van der Waals surface area contributed by atoms with Crippen molar-refractivity contribution < 1.29 is 4.74 Å². The second-order valence-electron chi connectivity index (χ2n) is 3.12. The fraction of sp³-hybridized carbons (Fsp3) is 0.500. The Bertz CT molecular complexity index is 331. The Morgan fingerprint density at radius 3 is 3.00 bits per heavy atom. The molecule has 0 aromatic carbocycles. The number of nitrogens with one attached hydrogen (secondary N) is 1. The quantitative estimate of drug-likeness (QED) is 0.808. The van der Waals surface area contributed by atoms with Crippen LogP contribution in [0.4, 0.5) is 11.5 Å². The van der Waals surface area contributed by atoms with Gasteiger partial charge in [-0.05, 0) is 35.3 Å². The van der Waals surface area contributed by atoms with E-state index in [1.165, 1.54) is 0 Å². The number of rotatable bonds is 5. The average molecular weight is 274 g/mol. The summed E-state index contributed by atoms with van der Waals surface area (Å²) in [6.07, 6.45) is 1.66. The highest BCUT2D eigenvalue weighted by atomic mass is 79.9. The SMILES string of the molecule is CCOCCNc1ncc(N)c(C)c1Br. The minimum atomic E-state index is 0.675. The predicted molar refractivity (Wildman–Crippen MR) is 66.1 cm³/mol. The number of halogens is 1. The number of anilines is 2. The van der Waals surface area contributed by atoms with Gasteiger partial charge in [0.15, 0.2) is 0 Å². The van der Waals surface area contributed by atoms with Crippen molar-refractivity contribution in [2.24, 2.45) is 0 Å². The predicted octanol–water partition coefficient (Wildman–Crippen LogP) is 2.18. The molecule has 5 heteroatoms. The summed E-state index contributed by atoms with van der Waals surface area (Å²) in [5, 5.41) is 3.18. The Morgan fingerprint density at radius 1 is 1.60 bits per heavy atom. The first-order valence-electron chi connectivity index (χ1n) is 4.89. The molecule has 1 aromatic heterocycles. The van der Waals surface area contributed by atoms with Crippen LogP contribution in [-0.2, 0) is 4.74 Å². The maximum absolute atomic E-state index is 5.72. The first-order valence-corrected chi connectivity index (χ1v) is 5.68. The van der Waals surface area contributed by atoms with Gasteiger partial charge in [0.1, 0.15) is 5.82 Å². The zero-order chi connectivity index (χ0) is 11.3. The van der Waals surface area contributed by atoms with Crippen molar-refractivity contribution in [3.05, 3.63) is 16.2 Å². The third-order valence-electron chi connectivity index (χ3n) is 2.05. The third-order valence-corrected chi connectivity index (χ3v) is 3.02. The Labute approximate surface area is 98.3 Å². The monoisotopic (exact) mass is 273 g/mol. The molecular weight excluding hydrogens is 258 g/mol. The van der Waals surface area contributed by atoms with E-state index >= 15 is 0 Å². The van der Waals surface area contributed by atoms with Crippen molar-refractivity contribution in [2.45, 2.75) is 13.8 Å². The molecule has 84 valence electrons. The number of nitrogens with two attached hydrogens (primary N) is 1. The Balaban J connectivity index is 2.58. The van der Waals surface area contributed by atoms with Gasteiger partial charge < -0.3 is 15.8 Å². The fourth-order valence-corrected chi connectivity index (χ4v) is 1.57. The fourth-order valence-electron chi connectivity index (χ4n) is 1.10. The molecule has 0 unspecified atom stereocenters. The molecule has 0 aliphatic heterocycles. The molecule has 0 aliphatic carbocycles. The van der Waals surface area contributed by atoms with Gasteiger partial charge in [0.05, 0.1) is 23.0 Å². The number of nitrogen functional groups attached to an aromatic ring is 1. The summed E-state index contributed by atoms with van der Waals surface area (Å²) in [4.78, 5) is 4.20. The summed E-state index contributed by atoms with van der Waals surface area (Å²) in [7, 11) is 0. The van der Waals surface area contributed by atoms with Crippen molar-refractivity contribution in [1.29, 1.82) is 0 Å². The molecule has 15 heavy (non-hydrogen) atoms. The first-order chi connectivity index (χ1) is 7.16. The van der Waals surface area contributed by atoms with Gasteiger partial charge in [-0.2, -0.15) is 0 Å². The zero-order valence-corrected chi connectivity index (χ0v) is 10.6. The highest BCUT2D eigenvalue weighted by Crippen LogP contribution is 2.27. The molecule has 4 nitrogen and oxygen atoms in total. The van der Waals surface area contributed by atoms with Crippen LogP contribution < -0.4 is 11.1 Å². The van der Waals surface area contributed by atoms with E-state index < -0.39 is 0 Å². The lowest BCUT2D eigenvalue weighted by Crippen LogP contribution is -2.11. The number of aromatic nitrogens is 1. The summed E-state index contributed by atoms with van der Waals surface area (Å²) in [6.45, 7) is 6.07. The number of nitrogens with zero attached hydrogens (tertiary/aromatic N) is 1. The van der Waals surface area contributed by atoms with Crippen molar-refractivity contribution in [3.63, 3.8) is 0 Å². The van der Waals surface area contributed by atoms with Crippen molar-refractivity contribution in [1.82, 2.24) is 4.98 Å². The molecule has 0 bridgehead atoms. The second kappa shape index (κ2) is 5.92. The molecule has 0 saturated heterocycles. The summed E-state index contributed by atoms with van der Waals surface area (Å²) >= 11 is 3.45. The van der Waals surface area contributed by atoms with E-state index in [2.05, 4.69) is 26.2 Å². The van der Waals surface area contributed by atoms with Crippen LogP contribution in [0.1, 0.15) is 12.5 Å². The van der Waals surface area contributed by atoms with Crippen molar-refractivity contribution >= 4 is 27.4 Å². The Morgan fingerprint density at radius 2 is 2.33 bits per heavy atom. The summed E-state index contributed by atoms with van der Waals surface area (Å²) < 4.78 is 6.13. The molecule has 1 aromatic rings. The second-order valence-corrected chi connectivity index (χ2v) is 3.92. The topological polar surface area (TPSA) is 60.2 Å². The Kier molecular flexibility index (Phi) is 4.84. The largest absolute Gasteiger partial charge is 0.397 e. The summed E-state index contributed by atoms with van der Waals surface area (Å²) in [6, 6.07) is 0. The van der Waals surface area contributed by atoms with E-state index in [1.807, 2.05) is 13.8 Å². The Hall–Kier alpha value is -0.810. The average Bonchev–Trinajstić information content (AvgIpc) is 2.24. The van der Waals surface area contributed by atoms with Gasteiger partial charge in [0, 0.05) is 13.2 Å². The lowest BCUT2D eigenvalue weighted by atomic mass is 10.2. The van der Waals surface area contributed by atoms with Gasteiger partial charge in [-0.15, -0.1) is 0 Å². The zero-order valence-electron chi connectivity index (χ0n) is 9.01. The highest BCUT2D eigenvalue weighted by Gasteiger charge is 2.06. The number of hydrogen-bond acceptors (Lipinski definition) is 4. The summed E-state index contributed by atoms with van der Waals surface area (Å²) in [5.41, 5.74) is 7.42. The van der Waals surface area contributed by atoms with Crippen LogP contribution in [0.15, 0.2) is 10.7 Å². The van der Waals surface area contributed by atoms with Crippen LogP contribution in [0.5, 0.6) is 0 Å². The van der Waals surface area contributed by atoms with E-state index in [0.29, 0.717) is 12.3 Å². The molecule has 0 radical (unpaired) electrons. The van der Waals surface area contributed by atoms with Crippen LogP contribution in [0.3, 0.4) is 0 Å². The standard InChI is InChI=1S/C10H16BrN3O/c1-3-15-5-4-13-10-9(11)7(2)8(12)6-14-10/h6H,3-5,12H2,1-2H3,(H,13,14). The maximum Gasteiger partial charge on any atom is 0.140 e. The van der Waals surface area contributed by atoms with Crippen molar-refractivity contribution in [2.75, 3.05) is 30.8 Å². The van der Waals surface area contributed by atoms with Gasteiger partial charge in [-0.25, -0.2) is 4.98 Å². The van der Waals surface area contributed by atoms with E-state index in [0.717, 1.165) is 29.0 Å². The van der Waals surface area contributed by atoms with Crippen LogP contribution >= 0.6 is 15.9 Å². The van der Waals surface area contributed by atoms with Crippen LogP contribution in [0.2, 0.25) is 0 Å². The van der Waals surface area contributed by atoms with Crippen molar-refractivity contribution in [3.8, 4) is 0 Å². The molecule has 0 amide bonds. The highest BCUT2D eigenvalue weighted by molar-refractivity contribution is 9.10. The normalized spacial score (nSPS) is 10.3. The lowest BCUT2D eigenvalue weighted by Gasteiger charge is -2.10. The summed E-state index contributed by atoms with van der Waals surface area (Å²) in [5.74, 6) is 0.807. The molecule has 0 atom stereocenters.